The van der Waals surface area contributed by atoms with E-state index in [0.29, 0.717) is 37.4 Å². The molecule has 9 heteroatoms. The van der Waals surface area contributed by atoms with E-state index in [0.717, 1.165) is 22.0 Å². The number of ether oxygens (including phenoxy) is 1. The fraction of sp³-hybridized carbons (Fsp3) is 0.370. The molecule has 3 heterocycles. The van der Waals surface area contributed by atoms with Crippen LogP contribution in [-0.4, -0.2) is 53.0 Å². The van der Waals surface area contributed by atoms with E-state index < -0.39 is 18.3 Å². The van der Waals surface area contributed by atoms with E-state index in [1.807, 2.05) is 48.5 Å². The summed E-state index contributed by atoms with van der Waals surface area (Å²) in [4.78, 5) is 30.7. The quantitative estimate of drug-likeness (QED) is 0.405. The number of hydrogen-bond acceptors (Lipinski definition) is 6. The summed E-state index contributed by atoms with van der Waals surface area (Å²) >= 11 is 0. The summed E-state index contributed by atoms with van der Waals surface area (Å²) in [6.07, 6.45) is 0.484. The van der Waals surface area contributed by atoms with E-state index in [2.05, 4.69) is 21.7 Å². The third-order valence-electron chi connectivity index (χ3n) is 7.18. The molecular formula is C27H29N5O4. The summed E-state index contributed by atoms with van der Waals surface area (Å²) in [5, 5.41) is 27.6. The average Bonchev–Trinajstić information content (AvgIpc) is 3.52. The van der Waals surface area contributed by atoms with Crippen LogP contribution in [0.15, 0.2) is 48.5 Å². The Morgan fingerprint density at radius 2 is 2.14 bits per heavy atom. The van der Waals surface area contributed by atoms with E-state index >= 15 is 0 Å². The monoisotopic (exact) mass is 487 g/mol. The minimum Gasteiger partial charge on any atom is -0.496 e. The normalized spacial score (nSPS) is 21.3. The van der Waals surface area contributed by atoms with Gasteiger partial charge in [0.15, 0.2) is 0 Å². The zero-order valence-corrected chi connectivity index (χ0v) is 20.0. The topological polar surface area (TPSA) is 130 Å². The summed E-state index contributed by atoms with van der Waals surface area (Å²) in [6.45, 7) is 1.03. The molecule has 1 aromatic heterocycles. The molecule has 0 aliphatic carbocycles. The van der Waals surface area contributed by atoms with Crippen LogP contribution in [0.1, 0.15) is 41.9 Å². The minimum atomic E-state index is -1.09. The molecule has 0 bridgehead atoms. The van der Waals surface area contributed by atoms with Gasteiger partial charge < -0.3 is 25.5 Å². The Morgan fingerprint density at radius 3 is 2.89 bits per heavy atom. The van der Waals surface area contributed by atoms with E-state index in [1.165, 1.54) is 0 Å². The van der Waals surface area contributed by atoms with Crippen molar-refractivity contribution in [3.05, 3.63) is 65.4 Å². The number of nitriles is 1. The summed E-state index contributed by atoms with van der Waals surface area (Å²) < 4.78 is 5.45. The SMILES string of the molecule is COc1cccc2[nH]c(C(O)N3CCc4ccccc4[C@H]3C(=O)N[C@H](C#N)C[C@@H]3CCNC3=O)cc12. The first kappa shape index (κ1) is 23.9. The number of H-pyrrole nitrogens is 1. The lowest BCUT2D eigenvalue weighted by molar-refractivity contribution is -0.134. The molecule has 0 saturated carbocycles. The average molecular weight is 488 g/mol. The zero-order valence-electron chi connectivity index (χ0n) is 20.0. The van der Waals surface area contributed by atoms with Gasteiger partial charge in [-0.25, -0.2) is 0 Å². The van der Waals surface area contributed by atoms with Gasteiger partial charge in [0.25, 0.3) is 0 Å². The van der Waals surface area contributed by atoms with Gasteiger partial charge in [0, 0.05) is 29.9 Å². The van der Waals surface area contributed by atoms with Crippen LogP contribution in [-0.2, 0) is 16.0 Å². The molecule has 2 aromatic carbocycles. The molecule has 0 spiro atoms. The van der Waals surface area contributed by atoms with Crippen LogP contribution in [0.4, 0.5) is 0 Å². The number of amides is 2. The number of nitrogens with one attached hydrogen (secondary N) is 3. The van der Waals surface area contributed by atoms with Crippen molar-refractivity contribution < 1.29 is 19.4 Å². The van der Waals surface area contributed by atoms with Crippen molar-refractivity contribution in [3.63, 3.8) is 0 Å². The smallest absolute Gasteiger partial charge is 0.243 e. The van der Waals surface area contributed by atoms with Gasteiger partial charge in [-0.05, 0) is 48.6 Å². The molecule has 2 aliphatic rings. The van der Waals surface area contributed by atoms with Gasteiger partial charge in [0.05, 0.1) is 18.9 Å². The number of hydrogen-bond donors (Lipinski definition) is 4. The summed E-state index contributed by atoms with van der Waals surface area (Å²) in [6, 6.07) is 15.7. The maximum absolute atomic E-state index is 13.7. The van der Waals surface area contributed by atoms with Gasteiger partial charge in [0.1, 0.15) is 24.1 Å². The molecule has 9 nitrogen and oxygen atoms in total. The van der Waals surface area contributed by atoms with Crippen molar-refractivity contribution in [1.29, 1.82) is 5.26 Å². The largest absolute Gasteiger partial charge is 0.496 e. The molecule has 186 valence electrons. The Morgan fingerprint density at radius 1 is 1.31 bits per heavy atom. The highest BCUT2D eigenvalue weighted by Crippen LogP contribution is 2.37. The van der Waals surface area contributed by atoms with Crippen molar-refractivity contribution in [2.75, 3.05) is 20.2 Å². The molecular weight excluding hydrogens is 458 g/mol. The molecule has 1 saturated heterocycles. The Kier molecular flexibility index (Phi) is 6.63. The van der Waals surface area contributed by atoms with Crippen LogP contribution < -0.4 is 15.4 Å². The molecule has 4 atom stereocenters. The number of aliphatic hydroxyl groups is 1. The van der Waals surface area contributed by atoms with E-state index in [-0.39, 0.29) is 24.2 Å². The van der Waals surface area contributed by atoms with Crippen LogP contribution in [0.5, 0.6) is 5.75 Å². The van der Waals surface area contributed by atoms with Gasteiger partial charge in [-0.2, -0.15) is 5.26 Å². The molecule has 4 N–H and O–H groups in total. The van der Waals surface area contributed by atoms with Gasteiger partial charge >= 0.3 is 0 Å². The highest BCUT2D eigenvalue weighted by molar-refractivity contribution is 5.87. The van der Waals surface area contributed by atoms with Crippen molar-refractivity contribution in [3.8, 4) is 11.8 Å². The minimum absolute atomic E-state index is 0.0844. The van der Waals surface area contributed by atoms with Gasteiger partial charge in [-0.1, -0.05) is 30.3 Å². The number of rotatable bonds is 7. The second-order valence-corrected chi connectivity index (χ2v) is 9.31. The predicted octanol–water partition coefficient (Wildman–Crippen LogP) is 2.30. The summed E-state index contributed by atoms with van der Waals surface area (Å²) in [5.41, 5.74) is 3.19. The third-order valence-corrected chi connectivity index (χ3v) is 7.18. The summed E-state index contributed by atoms with van der Waals surface area (Å²) in [7, 11) is 1.60. The van der Waals surface area contributed by atoms with E-state index in [4.69, 9.17) is 4.74 Å². The Labute approximate surface area is 209 Å². The first-order valence-corrected chi connectivity index (χ1v) is 12.1. The van der Waals surface area contributed by atoms with Crippen LogP contribution >= 0.6 is 0 Å². The first-order chi connectivity index (χ1) is 17.5. The van der Waals surface area contributed by atoms with E-state index in [9.17, 15) is 20.0 Å². The van der Waals surface area contributed by atoms with E-state index in [1.54, 1.807) is 12.0 Å². The number of benzene rings is 2. The zero-order chi connectivity index (χ0) is 25.2. The molecule has 3 aromatic rings. The van der Waals surface area contributed by atoms with Crippen molar-refractivity contribution in [2.45, 2.75) is 37.6 Å². The lowest BCUT2D eigenvalue weighted by atomic mass is 9.91. The standard InChI is InChI=1S/C27H29N5O4/c1-36-23-8-4-7-21-20(23)14-22(31-21)27(35)32-12-10-16-5-2-3-6-19(16)24(32)26(34)30-18(15-28)13-17-9-11-29-25(17)33/h2-8,14,17-18,24,27,31,35H,9-13H2,1H3,(H,29,33)(H,30,34)/t17-,18-,24-,27?/m0/s1. The first-order valence-electron chi connectivity index (χ1n) is 12.1. The molecule has 36 heavy (non-hydrogen) atoms. The lowest BCUT2D eigenvalue weighted by Crippen LogP contribution is -2.48. The maximum atomic E-state index is 13.7. The van der Waals surface area contributed by atoms with Crippen molar-refractivity contribution >= 4 is 22.7 Å². The number of carbonyl (C=O) groups excluding carboxylic acids is 2. The fourth-order valence-corrected chi connectivity index (χ4v) is 5.33. The number of methoxy groups -OCH3 is 1. The molecule has 0 radical (unpaired) electrons. The third kappa shape index (κ3) is 4.41. The predicted molar refractivity (Wildman–Crippen MR) is 133 cm³/mol. The number of carbonyl (C=O) groups is 2. The van der Waals surface area contributed by atoms with Gasteiger partial charge in [-0.3, -0.25) is 14.5 Å². The van der Waals surface area contributed by atoms with Crippen LogP contribution in [0, 0.1) is 17.2 Å². The number of aromatic amines is 1. The Hall–Kier alpha value is -3.87. The number of nitrogens with zero attached hydrogens (tertiary/aromatic N) is 2. The van der Waals surface area contributed by atoms with Gasteiger partial charge in [0.2, 0.25) is 11.8 Å². The molecule has 5 rings (SSSR count). The molecule has 1 unspecified atom stereocenters. The van der Waals surface area contributed by atoms with Crippen LogP contribution in [0.2, 0.25) is 0 Å². The second-order valence-electron chi connectivity index (χ2n) is 9.31. The summed E-state index contributed by atoms with van der Waals surface area (Å²) in [5.74, 6) is -0.0662. The van der Waals surface area contributed by atoms with Crippen molar-refractivity contribution in [1.82, 2.24) is 20.5 Å². The molecule has 2 aliphatic heterocycles. The second kappa shape index (κ2) is 10.0. The lowest BCUT2D eigenvalue weighted by Gasteiger charge is -2.39. The van der Waals surface area contributed by atoms with Crippen LogP contribution in [0.3, 0.4) is 0 Å². The Bertz CT molecular complexity index is 1330. The van der Waals surface area contributed by atoms with Crippen LogP contribution in [0.25, 0.3) is 10.9 Å². The van der Waals surface area contributed by atoms with Crippen molar-refractivity contribution in [2.24, 2.45) is 5.92 Å². The Balaban J connectivity index is 1.44. The molecule has 1 fully saturated rings. The molecule has 2 amide bonds. The number of fused-ring (bicyclic) bond motifs is 2. The number of aromatic nitrogens is 1. The highest BCUT2D eigenvalue weighted by atomic mass is 16.5. The number of aliphatic hydroxyl groups excluding tert-OH is 1. The van der Waals surface area contributed by atoms with Gasteiger partial charge in [-0.15, -0.1) is 0 Å². The highest BCUT2D eigenvalue weighted by Gasteiger charge is 2.39. The fourth-order valence-electron chi connectivity index (χ4n) is 5.33. The maximum Gasteiger partial charge on any atom is 0.243 e.